The molecule has 0 amide bonds. The Kier molecular flexibility index (Phi) is 3.80. The molecule has 2 unspecified atom stereocenters. The third kappa shape index (κ3) is 2.53. The van der Waals surface area contributed by atoms with E-state index in [1.54, 1.807) is 6.92 Å². The highest BCUT2D eigenvalue weighted by Gasteiger charge is 2.37. The summed E-state index contributed by atoms with van der Waals surface area (Å²) in [7, 11) is 0. The molecule has 0 spiro atoms. The number of nitrogens with zero attached hydrogens (tertiary/aromatic N) is 2. The Morgan fingerprint density at radius 2 is 2.20 bits per heavy atom. The zero-order valence-electron chi connectivity index (χ0n) is 10.5. The van der Waals surface area contributed by atoms with Crippen LogP contribution in [0.4, 0.5) is 15.8 Å². The molecule has 1 aromatic carbocycles. The average molecular weight is 303 g/mol. The lowest BCUT2D eigenvalue weighted by molar-refractivity contribution is -0.384. The van der Waals surface area contributed by atoms with Crippen molar-refractivity contribution in [2.45, 2.75) is 6.92 Å². The van der Waals surface area contributed by atoms with Crippen molar-refractivity contribution < 1.29 is 19.2 Å². The number of nitro benzene ring substituents is 1. The van der Waals surface area contributed by atoms with E-state index in [1.165, 1.54) is 4.90 Å². The number of anilines is 1. The number of halogens is 2. The molecule has 1 aliphatic heterocycles. The number of hydrogen-bond donors (Lipinski definition) is 1. The van der Waals surface area contributed by atoms with E-state index in [9.17, 15) is 19.3 Å². The van der Waals surface area contributed by atoms with Crippen LogP contribution in [0.15, 0.2) is 12.1 Å². The Balaban J connectivity index is 2.41. The predicted octanol–water partition coefficient (Wildman–Crippen LogP) is 2.54. The van der Waals surface area contributed by atoms with Crippen molar-refractivity contribution in [3.05, 3.63) is 33.1 Å². The third-order valence-corrected chi connectivity index (χ3v) is 3.77. The summed E-state index contributed by atoms with van der Waals surface area (Å²) in [5.41, 5.74) is -0.262. The average Bonchev–Trinajstić information content (AvgIpc) is 2.74. The molecule has 0 bridgehead atoms. The normalized spacial score (nSPS) is 22.1. The van der Waals surface area contributed by atoms with Gasteiger partial charge in [0, 0.05) is 25.2 Å². The van der Waals surface area contributed by atoms with Gasteiger partial charge in [0.15, 0.2) is 0 Å². The summed E-state index contributed by atoms with van der Waals surface area (Å²) < 4.78 is 13.5. The van der Waals surface area contributed by atoms with Crippen molar-refractivity contribution in [1.82, 2.24) is 0 Å². The number of benzene rings is 1. The lowest BCUT2D eigenvalue weighted by atomic mass is 9.99. The first kappa shape index (κ1) is 14.5. The third-order valence-electron chi connectivity index (χ3n) is 3.48. The smallest absolute Gasteiger partial charge is 0.308 e. The first-order chi connectivity index (χ1) is 9.31. The Labute approximate surface area is 118 Å². The first-order valence-electron chi connectivity index (χ1n) is 5.92. The number of rotatable bonds is 3. The lowest BCUT2D eigenvalue weighted by Gasteiger charge is -2.18. The molecule has 8 heteroatoms. The van der Waals surface area contributed by atoms with E-state index in [1.807, 2.05) is 0 Å². The Morgan fingerprint density at radius 1 is 1.55 bits per heavy atom. The molecule has 0 radical (unpaired) electrons. The van der Waals surface area contributed by atoms with Crippen molar-refractivity contribution >= 4 is 28.9 Å². The maximum absolute atomic E-state index is 13.5. The number of aliphatic carboxylic acids is 1. The Hall–Kier alpha value is -1.89. The molecular formula is C12H12ClFN2O4. The SMILES string of the molecule is CC1CN(c2cc(F)c(Cl)cc2[N+](=O)[O-])CC1C(=O)O. The molecule has 1 fully saturated rings. The van der Waals surface area contributed by atoms with E-state index in [0.29, 0.717) is 6.54 Å². The Bertz CT molecular complexity index is 581. The molecule has 1 aliphatic rings. The van der Waals surface area contributed by atoms with Crippen LogP contribution in [0, 0.1) is 27.8 Å². The summed E-state index contributed by atoms with van der Waals surface area (Å²) in [5, 5.41) is 19.8. The summed E-state index contributed by atoms with van der Waals surface area (Å²) in [6.45, 7) is 2.17. The predicted molar refractivity (Wildman–Crippen MR) is 70.6 cm³/mol. The first-order valence-corrected chi connectivity index (χ1v) is 6.30. The quantitative estimate of drug-likeness (QED) is 0.685. The zero-order chi connectivity index (χ0) is 15.0. The van der Waals surface area contributed by atoms with E-state index in [-0.39, 0.29) is 28.9 Å². The Morgan fingerprint density at radius 3 is 2.70 bits per heavy atom. The van der Waals surface area contributed by atoms with Crippen LogP contribution in [-0.2, 0) is 4.79 Å². The molecule has 20 heavy (non-hydrogen) atoms. The summed E-state index contributed by atoms with van der Waals surface area (Å²) in [6.07, 6.45) is 0. The number of carbonyl (C=O) groups is 1. The van der Waals surface area contributed by atoms with Gasteiger partial charge in [-0.1, -0.05) is 18.5 Å². The van der Waals surface area contributed by atoms with Gasteiger partial charge in [0.05, 0.1) is 15.9 Å². The van der Waals surface area contributed by atoms with Gasteiger partial charge in [0.1, 0.15) is 11.5 Å². The van der Waals surface area contributed by atoms with Crippen molar-refractivity contribution in [1.29, 1.82) is 0 Å². The molecule has 1 saturated heterocycles. The summed E-state index contributed by atoms with van der Waals surface area (Å²) in [4.78, 5) is 23.0. The van der Waals surface area contributed by atoms with Gasteiger partial charge in [-0.25, -0.2) is 4.39 Å². The molecule has 1 N–H and O–H groups in total. The summed E-state index contributed by atoms with van der Waals surface area (Å²) in [5.74, 6) is -2.53. The van der Waals surface area contributed by atoms with Gasteiger partial charge >= 0.3 is 5.97 Å². The summed E-state index contributed by atoms with van der Waals surface area (Å²) in [6, 6.07) is 1.93. The van der Waals surface area contributed by atoms with Gasteiger partial charge in [-0.05, 0) is 5.92 Å². The van der Waals surface area contributed by atoms with Gasteiger partial charge in [-0.3, -0.25) is 14.9 Å². The summed E-state index contributed by atoms with van der Waals surface area (Å²) >= 11 is 5.55. The second kappa shape index (κ2) is 5.24. The number of carboxylic acids is 1. The molecule has 1 heterocycles. The molecule has 108 valence electrons. The largest absolute Gasteiger partial charge is 0.481 e. The minimum atomic E-state index is -0.961. The van der Waals surface area contributed by atoms with E-state index in [0.717, 1.165) is 12.1 Å². The van der Waals surface area contributed by atoms with Crippen LogP contribution in [0.25, 0.3) is 0 Å². The van der Waals surface area contributed by atoms with Crippen LogP contribution >= 0.6 is 11.6 Å². The van der Waals surface area contributed by atoms with Crippen molar-refractivity contribution in [3.8, 4) is 0 Å². The minimum absolute atomic E-state index is 0.0625. The topological polar surface area (TPSA) is 83.7 Å². The van der Waals surface area contributed by atoms with Gasteiger partial charge in [-0.2, -0.15) is 0 Å². The number of nitro groups is 1. The fourth-order valence-corrected chi connectivity index (χ4v) is 2.57. The fourth-order valence-electron chi connectivity index (χ4n) is 2.41. The molecule has 0 aromatic heterocycles. The number of hydrogen-bond acceptors (Lipinski definition) is 4. The second-order valence-electron chi connectivity index (χ2n) is 4.84. The van der Waals surface area contributed by atoms with E-state index in [4.69, 9.17) is 16.7 Å². The maximum atomic E-state index is 13.5. The van der Waals surface area contributed by atoms with Crippen molar-refractivity contribution in [2.75, 3.05) is 18.0 Å². The lowest BCUT2D eigenvalue weighted by Crippen LogP contribution is -2.23. The van der Waals surface area contributed by atoms with Gasteiger partial charge < -0.3 is 10.0 Å². The van der Waals surface area contributed by atoms with Crippen LogP contribution < -0.4 is 4.90 Å². The second-order valence-corrected chi connectivity index (χ2v) is 5.25. The molecule has 6 nitrogen and oxygen atoms in total. The highest BCUT2D eigenvalue weighted by atomic mass is 35.5. The van der Waals surface area contributed by atoms with Crippen molar-refractivity contribution in [2.24, 2.45) is 11.8 Å². The monoisotopic (exact) mass is 302 g/mol. The van der Waals surface area contributed by atoms with Crippen molar-refractivity contribution in [3.63, 3.8) is 0 Å². The fraction of sp³-hybridized carbons (Fsp3) is 0.417. The standard InChI is InChI=1S/C12H12ClFN2O4/c1-6-4-15(5-7(6)12(17)18)10-3-9(14)8(13)2-11(10)16(19)20/h2-3,6-7H,4-5H2,1H3,(H,17,18). The minimum Gasteiger partial charge on any atom is -0.481 e. The highest BCUT2D eigenvalue weighted by molar-refractivity contribution is 6.31. The van der Waals surface area contributed by atoms with Crippen LogP contribution in [-0.4, -0.2) is 29.1 Å². The van der Waals surface area contributed by atoms with Gasteiger partial charge in [-0.15, -0.1) is 0 Å². The molecule has 2 atom stereocenters. The molecule has 0 aliphatic carbocycles. The van der Waals surface area contributed by atoms with Crippen LogP contribution in [0.3, 0.4) is 0 Å². The number of carboxylic acid groups (broad SMARTS) is 1. The van der Waals surface area contributed by atoms with Gasteiger partial charge in [0.25, 0.3) is 5.69 Å². The molecule has 2 rings (SSSR count). The zero-order valence-corrected chi connectivity index (χ0v) is 11.3. The molecular weight excluding hydrogens is 291 g/mol. The highest BCUT2D eigenvalue weighted by Crippen LogP contribution is 2.37. The molecule has 1 aromatic rings. The van der Waals surface area contributed by atoms with E-state index in [2.05, 4.69) is 0 Å². The van der Waals surface area contributed by atoms with E-state index < -0.39 is 22.6 Å². The van der Waals surface area contributed by atoms with Crippen LogP contribution in [0.1, 0.15) is 6.92 Å². The van der Waals surface area contributed by atoms with Crippen LogP contribution in [0.5, 0.6) is 0 Å². The molecule has 0 saturated carbocycles. The maximum Gasteiger partial charge on any atom is 0.308 e. The van der Waals surface area contributed by atoms with Crippen LogP contribution in [0.2, 0.25) is 5.02 Å². The van der Waals surface area contributed by atoms with E-state index >= 15 is 0 Å². The van der Waals surface area contributed by atoms with Gasteiger partial charge in [0.2, 0.25) is 0 Å².